The Balaban J connectivity index is 1.65. The highest BCUT2D eigenvalue weighted by Gasteiger charge is 2.23. The van der Waals surface area contributed by atoms with E-state index < -0.39 is 4.92 Å². The fourth-order valence-corrected chi connectivity index (χ4v) is 1.65. The van der Waals surface area contributed by atoms with Gasteiger partial charge in [-0.05, 0) is 18.2 Å². The number of ether oxygens (including phenoxy) is 2. The summed E-state index contributed by atoms with van der Waals surface area (Å²) in [6.45, 7) is 1.24. The van der Waals surface area contributed by atoms with Crippen LogP contribution in [0.15, 0.2) is 52.8 Å². The Morgan fingerprint density at radius 3 is 2.77 bits per heavy atom. The molecule has 0 amide bonds. The molecule has 1 aliphatic rings. The summed E-state index contributed by atoms with van der Waals surface area (Å²) in [4.78, 5) is 14.2. The van der Waals surface area contributed by atoms with Gasteiger partial charge in [-0.2, -0.15) is 0 Å². The number of aromatic nitrogens is 1. The van der Waals surface area contributed by atoms with E-state index >= 15 is 0 Å². The summed E-state index contributed by atoms with van der Waals surface area (Å²) in [5.41, 5.74) is 0.514. The Hall–Kier alpha value is -2.87. The second kappa shape index (κ2) is 6.27. The van der Waals surface area contributed by atoms with Crippen LogP contribution in [-0.4, -0.2) is 29.2 Å². The van der Waals surface area contributed by atoms with Gasteiger partial charge in [-0.3, -0.25) is 10.1 Å². The first-order valence-corrected chi connectivity index (χ1v) is 6.57. The monoisotopic (exact) mass is 300 g/mol. The van der Waals surface area contributed by atoms with Crippen LogP contribution in [-0.2, 0) is 4.74 Å². The molecule has 1 aromatic heterocycles. The Labute approximate surface area is 125 Å². The number of benzene rings is 1. The van der Waals surface area contributed by atoms with Gasteiger partial charge in [0.1, 0.15) is 18.5 Å². The Morgan fingerprint density at radius 1 is 1.32 bits per heavy atom. The van der Waals surface area contributed by atoms with Crippen LogP contribution in [0.3, 0.4) is 0 Å². The molecule has 0 radical (unpaired) electrons. The Morgan fingerprint density at radius 2 is 2.09 bits per heavy atom. The van der Waals surface area contributed by atoms with Gasteiger partial charge in [0.2, 0.25) is 0 Å². The number of rotatable bonds is 6. The number of nitro groups is 1. The molecule has 22 heavy (non-hydrogen) atoms. The van der Waals surface area contributed by atoms with Gasteiger partial charge in [0.15, 0.2) is 5.82 Å². The van der Waals surface area contributed by atoms with E-state index in [-0.39, 0.29) is 11.8 Å². The number of epoxide rings is 1. The molecule has 0 spiro atoms. The fourth-order valence-electron chi connectivity index (χ4n) is 1.65. The van der Waals surface area contributed by atoms with Gasteiger partial charge >= 0.3 is 0 Å². The minimum absolute atomic E-state index is 0.00904. The number of hydrogen-bond acceptors (Lipinski definition) is 7. The van der Waals surface area contributed by atoms with Crippen molar-refractivity contribution in [2.45, 2.75) is 6.10 Å². The predicted octanol–water partition coefficient (Wildman–Crippen LogP) is 3.18. The lowest BCUT2D eigenvalue weighted by molar-refractivity contribution is -0.384. The van der Waals surface area contributed by atoms with Gasteiger partial charge in [-0.1, -0.05) is 0 Å². The van der Waals surface area contributed by atoms with Gasteiger partial charge in [0.25, 0.3) is 5.69 Å². The lowest BCUT2D eigenvalue weighted by Gasteiger charge is -2.03. The molecule has 3 rings (SSSR count). The van der Waals surface area contributed by atoms with Crippen molar-refractivity contribution < 1.29 is 14.4 Å². The molecule has 0 unspecified atom stereocenters. The van der Waals surface area contributed by atoms with Gasteiger partial charge in [-0.15, -0.1) is 10.2 Å². The van der Waals surface area contributed by atoms with Crippen LogP contribution in [0.1, 0.15) is 0 Å². The first kappa shape index (κ1) is 14.1. The summed E-state index contributed by atoms with van der Waals surface area (Å²) in [7, 11) is 0. The molecule has 0 aliphatic carbocycles. The van der Waals surface area contributed by atoms with E-state index in [1.807, 2.05) is 0 Å². The van der Waals surface area contributed by atoms with E-state index in [4.69, 9.17) is 9.47 Å². The lowest BCUT2D eigenvalue weighted by Crippen LogP contribution is -2.03. The second-order valence-corrected chi connectivity index (χ2v) is 4.59. The SMILES string of the molecule is O=[N+]([O-])c1ccc(N=Nc2cc(OC[C@@H]3CO3)ccn2)cc1. The minimum Gasteiger partial charge on any atom is -0.491 e. The molecule has 1 saturated heterocycles. The largest absolute Gasteiger partial charge is 0.491 e. The summed E-state index contributed by atoms with van der Waals surface area (Å²) in [6, 6.07) is 9.18. The number of non-ortho nitro benzene ring substituents is 1. The van der Waals surface area contributed by atoms with E-state index in [2.05, 4.69) is 15.2 Å². The van der Waals surface area contributed by atoms with Crippen LogP contribution >= 0.6 is 0 Å². The van der Waals surface area contributed by atoms with Crippen molar-refractivity contribution >= 4 is 17.2 Å². The lowest BCUT2D eigenvalue weighted by atomic mass is 10.3. The molecule has 2 heterocycles. The topological polar surface area (TPSA) is 103 Å². The van der Waals surface area contributed by atoms with E-state index in [0.717, 1.165) is 6.61 Å². The van der Waals surface area contributed by atoms with Gasteiger partial charge in [0, 0.05) is 24.4 Å². The number of pyridine rings is 1. The van der Waals surface area contributed by atoms with Crippen LogP contribution in [0.25, 0.3) is 0 Å². The molecule has 8 heteroatoms. The molecule has 8 nitrogen and oxygen atoms in total. The third-order valence-electron chi connectivity index (χ3n) is 2.88. The molecule has 0 bridgehead atoms. The van der Waals surface area contributed by atoms with Gasteiger partial charge < -0.3 is 9.47 Å². The highest BCUT2D eigenvalue weighted by Crippen LogP contribution is 2.23. The number of hydrogen-bond donors (Lipinski definition) is 0. The van der Waals surface area contributed by atoms with E-state index in [0.29, 0.717) is 23.9 Å². The maximum absolute atomic E-state index is 10.6. The van der Waals surface area contributed by atoms with Crippen molar-refractivity contribution in [2.75, 3.05) is 13.2 Å². The predicted molar refractivity (Wildman–Crippen MR) is 76.7 cm³/mol. The minimum atomic E-state index is -0.465. The molecule has 2 aromatic rings. The van der Waals surface area contributed by atoms with Gasteiger partial charge in [0.05, 0.1) is 17.2 Å². The molecule has 0 N–H and O–H groups in total. The zero-order valence-electron chi connectivity index (χ0n) is 11.5. The molecule has 0 saturated carbocycles. The van der Waals surface area contributed by atoms with Crippen LogP contribution in [0.2, 0.25) is 0 Å². The maximum atomic E-state index is 10.6. The normalized spacial score (nSPS) is 16.6. The fraction of sp³-hybridized carbons (Fsp3) is 0.214. The van der Waals surface area contributed by atoms with E-state index in [1.165, 1.54) is 24.3 Å². The summed E-state index contributed by atoms with van der Waals surface area (Å²) in [5, 5.41) is 18.5. The molecule has 1 aliphatic heterocycles. The van der Waals surface area contributed by atoms with E-state index in [9.17, 15) is 10.1 Å². The van der Waals surface area contributed by atoms with Crippen LogP contribution < -0.4 is 4.74 Å². The highest BCUT2D eigenvalue weighted by molar-refractivity contribution is 5.44. The van der Waals surface area contributed by atoms with Crippen molar-refractivity contribution in [3.05, 3.63) is 52.7 Å². The standard InChI is InChI=1S/C14H12N4O4/c19-18(20)11-3-1-10(2-4-11)16-17-14-7-12(5-6-15-14)21-8-13-9-22-13/h1-7,13H,8-9H2/t13-/m1/s1. The first-order valence-electron chi connectivity index (χ1n) is 6.57. The highest BCUT2D eigenvalue weighted by atomic mass is 16.6. The zero-order valence-corrected chi connectivity index (χ0v) is 11.5. The smallest absolute Gasteiger partial charge is 0.269 e. The maximum Gasteiger partial charge on any atom is 0.269 e. The third-order valence-corrected chi connectivity index (χ3v) is 2.88. The Bertz CT molecular complexity index is 698. The van der Waals surface area contributed by atoms with Crippen molar-refractivity contribution in [1.29, 1.82) is 0 Å². The summed E-state index contributed by atoms with van der Waals surface area (Å²) < 4.78 is 10.6. The first-order chi connectivity index (χ1) is 10.7. The van der Waals surface area contributed by atoms with Gasteiger partial charge in [-0.25, -0.2) is 4.98 Å². The summed E-state index contributed by atoms with van der Waals surface area (Å²) >= 11 is 0. The molecule has 1 atom stereocenters. The van der Waals surface area contributed by atoms with Crippen molar-refractivity contribution in [3.8, 4) is 5.75 Å². The quantitative estimate of drug-likeness (QED) is 0.353. The van der Waals surface area contributed by atoms with Crippen molar-refractivity contribution in [3.63, 3.8) is 0 Å². The molecule has 1 fully saturated rings. The third kappa shape index (κ3) is 3.83. The molecular formula is C14H12N4O4. The number of nitrogens with zero attached hydrogens (tertiary/aromatic N) is 4. The Kier molecular flexibility index (Phi) is 4.01. The van der Waals surface area contributed by atoms with Crippen molar-refractivity contribution in [2.24, 2.45) is 10.2 Å². The average Bonchev–Trinajstić information content (AvgIpc) is 3.36. The molecule has 112 valence electrons. The van der Waals surface area contributed by atoms with E-state index in [1.54, 1.807) is 18.3 Å². The molecule has 1 aromatic carbocycles. The van der Waals surface area contributed by atoms with Crippen LogP contribution in [0.4, 0.5) is 17.2 Å². The van der Waals surface area contributed by atoms with Crippen molar-refractivity contribution in [1.82, 2.24) is 4.98 Å². The number of azo groups is 1. The second-order valence-electron chi connectivity index (χ2n) is 4.59. The van der Waals surface area contributed by atoms with Crippen LogP contribution in [0, 0.1) is 10.1 Å². The molecular weight excluding hydrogens is 288 g/mol. The van der Waals surface area contributed by atoms with Crippen LogP contribution in [0.5, 0.6) is 5.75 Å². The summed E-state index contributed by atoms with van der Waals surface area (Å²) in [5.74, 6) is 1.04. The zero-order chi connectivity index (χ0) is 15.4. The number of nitro benzene ring substituents is 1. The average molecular weight is 300 g/mol. The summed E-state index contributed by atoms with van der Waals surface area (Å²) in [6.07, 6.45) is 1.76.